The van der Waals surface area contributed by atoms with Crippen molar-refractivity contribution in [1.29, 1.82) is 0 Å². The molecule has 1 aromatic carbocycles. The van der Waals surface area contributed by atoms with Gasteiger partial charge in [-0.25, -0.2) is 0 Å². The minimum absolute atomic E-state index is 0.0229. The largest absolute Gasteiger partial charge is 0.359 e. The van der Waals surface area contributed by atoms with Crippen LogP contribution in [-0.2, 0) is 16.0 Å². The number of hydrogen-bond donors (Lipinski definition) is 3. The van der Waals surface area contributed by atoms with E-state index in [1.165, 1.54) is 0 Å². The Morgan fingerprint density at radius 3 is 2.33 bits per heavy atom. The maximum Gasteiger partial charge on any atom is 0.228 e. The van der Waals surface area contributed by atoms with Crippen molar-refractivity contribution in [2.45, 2.75) is 26.7 Å². The fourth-order valence-corrected chi connectivity index (χ4v) is 1.77. The summed E-state index contributed by atoms with van der Waals surface area (Å²) in [7, 11) is 1.63. The minimum Gasteiger partial charge on any atom is -0.359 e. The molecule has 0 saturated carbocycles. The normalized spacial score (nSPS) is 10.1. The molecule has 0 unspecified atom stereocenters. The molecule has 0 aliphatic heterocycles. The number of carbonyl (C=O) groups is 2. The summed E-state index contributed by atoms with van der Waals surface area (Å²) >= 11 is 5.07. The van der Waals surface area contributed by atoms with Gasteiger partial charge in [0.15, 0.2) is 5.11 Å². The van der Waals surface area contributed by atoms with Gasteiger partial charge in [-0.3, -0.25) is 9.59 Å². The lowest BCUT2D eigenvalue weighted by Gasteiger charge is -2.11. The molecular formula is C15H21N3O2S. The topological polar surface area (TPSA) is 70.2 Å². The van der Waals surface area contributed by atoms with Crippen molar-refractivity contribution in [2.75, 3.05) is 12.4 Å². The van der Waals surface area contributed by atoms with Crippen molar-refractivity contribution < 1.29 is 9.59 Å². The fraction of sp³-hybridized carbons (Fsp3) is 0.400. The molecule has 5 nitrogen and oxygen atoms in total. The number of benzene rings is 1. The highest BCUT2D eigenvalue weighted by atomic mass is 32.1. The lowest BCUT2D eigenvalue weighted by Crippen LogP contribution is -2.36. The second-order valence-corrected chi connectivity index (χ2v) is 5.38. The predicted molar refractivity (Wildman–Crippen MR) is 88.0 cm³/mol. The summed E-state index contributed by atoms with van der Waals surface area (Å²) < 4.78 is 0. The lowest BCUT2D eigenvalue weighted by atomic mass is 10.1. The smallest absolute Gasteiger partial charge is 0.228 e. The first-order chi connectivity index (χ1) is 9.92. The molecule has 0 aliphatic carbocycles. The van der Waals surface area contributed by atoms with Crippen molar-refractivity contribution >= 4 is 34.8 Å². The maximum absolute atomic E-state index is 11.5. The third kappa shape index (κ3) is 6.35. The number of nitrogens with one attached hydrogen (secondary N) is 3. The molecule has 0 aromatic heterocycles. The van der Waals surface area contributed by atoms with Crippen LogP contribution in [0.15, 0.2) is 24.3 Å². The number of amides is 2. The van der Waals surface area contributed by atoms with Crippen molar-refractivity contribution in [3.63, 3.8) is 0 Å². The van der Waals surface area contributed by atoms with Gasteiger partial charge in [-0.05, 0) is 36.3 Å². The van der Waals surface area contributed by atoms with Crippen LogP contribution >= 0.6 is 12.2 Å². The number of rotatable bonds is 5. The highest BCUT2D eigenvalue weighted by Crippen LogP contribution is 2.11. The summed E-state index contributed by atoms with van der Waals surface area (Å²) in [6.07, 6.45) is 1.15. The van der Waals surface area contributed by atoms with Gasteiger partial charge in [0.25, 0.3) is 0 Å². The number of carbonyl (C=O) groups excluding carboxylic acids is 2. The summed E-state index contributed by atoms with van der Waals surface area (Å²) in [6.45, 7) is 3.61. The number of anilines is 1. The first kappa shape index (κ1) is 17.1. The second-order valence-electron chi connectivity index (χ2n) is 4.97. The molecule has 1 aromatic rings. The Morgan fingerprint density at radius 2 is 1.81 bits per heavy atom. The molecule has 6 heteroatoms. The second kappa shape index (κ2) is 8.36. The average molecular weight is 307 g/mol. The van der Waals surface area contributed by atoms with Crippen LogP contribution in [0.25, 0.3) is 0 Å². The molecular weight excluding hydrogens is 286 g/mol. The van der Waals surface area contributed by atoms with E-state index in [1.807, 2.05) is 24.3 Å². The zero-order chi connectivity index (χ0) is 15.8. The van der Waals surface area contributed by atoms with Crippen LogP contribution in [0.1, 0.15) is 25.8 Å². The van der Waals surface area contributed by atoms with E-state index in [-0.39, 0.29) is 22.8 Å². The molecule has 0 saturated heterocycles. The Morgan fingerprint density at radius 1 is 1.19 bits per heavy atom. The molecule has 0 fully saturated rings. The van der Waals surface area contributed by atoms with E-state index < -0.39 is 0 Å². The van der Waals surface area contributed by atoms with Crippen LogP contribution in [0, 0.1) is 5.92 Å². The van der Waals surface area contributed by atoms with Crippen LogP contribution in [0.5, 0.6) is 0 Å². The maximum atomic E-state index is 11.5. The summed E-state index contributed by atoms with van der Waals surface area (Å²) in [5, 5.41) is 8.45. The Bertz CT molecular complexity index is 512. The first-order valence-electron chi connectivity index (χ1n) is 6.83. The highest BCUT2D eigenvalue weighted by Gasteiger charge is 2.08. The molecule has 0 atom stereocenters. The molecule has 3 N–H and O–H groups in total. The van der Waals surface area contributed by atoms with Crippen LogP contribution in [0.4, 0.5) is 5.69 Å². The van der Waals surface area contributed by atoms with Gasteiger partial charge in [0.2, 0.25) is 11.8 Å². The number of thiocarbonyl (C=S) groups is 1. The molecule has 0 heterocycles. The Hall–Kier alpha value is -1.95. The molecule has 2 amide bonds. The van der Waals surface area contributed by atoms with E-state index in [0.29, 0.717) is 12.8 Å². The van der Waals surface area contributed by atoms with Crippen LogP contribution in [0.3, 0.4) is 0 Å². The van der Waals surface area contributed by atoms with E-state index in [4.69, 9.17) is 12.2 Å². The van der Waals surface area contributed by atoms with Crippen LogP contribution in [-0.4, -0.2) is 24.0 Å². The van der Waals surface area contributed by atoms with Gasteiger partial charge >= 0.3 is 0 Å². The Labute approximate surface area is 130 Å². The number of hydrogen-bond acceptors (Lipinski definition) is 3. The summed E-state index contributed by atoms with van der Waals surface area (Å²) in [6, 6.07) is 7.59. The molecule has 114 valence electrons. The van der Waals surface area contributed by atoms with Crippen molar-refractivity contribution in [3.05, 3.63) is 29.8 Å². The first-order valence-corrected chi connectivity index (χ1v) is 7.24. The zero-order valence-electron chi connectivity index (χ0n) is 12.5. The molecule has 0 radical (unpaired) electrons. The van der Waals surface area contributed by atoms with Crippen molar-refractivity contribution in [3.8, 4) is 0 Å². The van der Waals surface area contributed by atoms with Gasteiger partial charge in [0.05, 0.1) is 0 Å². The quantitative estimate of drug-likeness (QED) is 0.726. The Balaban J connectivity index is 2.49. The highest BCUT2D eigenvalue weighted by molar-refractivity contribution is 7.80. The molecule has 0 aliphatic rings. The predicted octanol–water partition coefficient (Wildman–Crippen LogP) is 1.83. The molecule has 21 heavy (non-hydrogen) atoms. The van der Waals surface area contributed by atoms with E-state index in [1.54, 1.807) is 20.9 Å². The molecule has 0 bridgehead atoms. The standard InChI is InChI=1S/C15H21N3O2S/c1-10(2)14(20)18-15(21)17-12-7-4-11(5-8-12)6-9-13(19)16-3/h4-5,7-8,10H,6,9H2,1-3H3,(H,16,19)(H2,17,18,20,21). The van der Waals surface area contributed by atoms with Gasteiger partial charge in [-0.1, -0.05) is 26.0 Å². The lowest BCUT2D eigenvalue weighted by molar-refractivity contribution is -0.122. The Kier molecular flexibility index (Phi) is 6.81. The van der Waals surface area contributed by atoms with Gasteiger partial charge in [-0.2, -0.15) is 0 Å². The van der Waals surface area contributed by atoms with E-state index in [9.17, 15) is 9.59 Å². The van der Waals surface area contributed by atoms with E-state index >= 15 is 0 Å². The minimum atomic E-state index is -0.116. The average Bonchev–Trinajstić information content (AvgIpc) is 2.45. The summed E-state index contributed by atoms with van der Waals surface area (Å²) in [5.74, 6) is -0.207. The van der Waals surface area contributed by atoms with Gasteiger partial charge < -0.3 is 16.0 Å². The third-order valence-corrected chi connectivity index (χ3v) is 3.10. The summed E-state index contributed by atoms with van der Waals surface area (Å²) in [5.41, 5.74) is 1.87. The van der Waals surface area contributed by atoms with Gasteiger partial charge in [0, 0.05) is 25.1 Å². The molecule has 1 rings (SSSR count). The van der Waals surface area contributed by atoms with Gasteiger partial charge in [-0.15, -0.1) is 0 Å². The zero-order valence-corrected chi connectivity index (χ0v) is 13.3. The van der Waals surface area contributed by atoms with Crippen molar-refractivity contribution in [1.82, 2.24) is 10.6 Å². The molecule has 0 spiro atoms. The van der Waals surface area contributed by atoms with Gasteiger partial charge in [0.1, 0.15) is 0 Å². The van der Waals surface area contributed by atoms with Crippen LogP contribution in [0.2, 0.25) is 0 Å². The third-order valence-electron chi connectivity index (χ3n) is 2.89. The number of aryl methyl sites for hydroxylation is 1. The summed E-state index contributed by atoms with van der Waals surface area (Å²) in [4.78, 5) is 22.7. The van der Waals surface area contributed by atoms with Crippen LogP contribution < -0.4 is 16.0 Å². The van der Waals surface area contributed by atoms with E-state index in [2.05, 4.69) is 16.0 Å². The fourth-order valence-electron chi connectivity index (χ4n) is 1.56. The monoisotopic (exact) mass is 307 g/mol. The van der Waals surface area contributed by atoms with Crippen molar-refractivity contribution in [2.24, 2.45) is 5.92 Å². The van der Waals surface area contributed by atoms with E-state index in [0.717, 1.165) is 11.3 Å². The SMILES string of the molecule is CNC(=O)CCc1ccc(NC(=S)NC(=O)C(C)C)cc1.